The Morgan fingerprint density at radius 1 is 1.50 bits per heavy atom. The Balaban J connectivity index is 2.54. The van der Waals surface area contributed by atoms with Crippen LogP contribution in [0, 0.1) is 11.8 Å². The molecule has 0 aromatic carbocycles. The number of ether oxygens (including phenoxy) is 1. The third-order valence-electron chi connectivity index (χ3n) is 2.59. The van der Waals surface area contributed by atoms with Crippen LogP contribution in [0.3, 0.4) is 0 Å². The number of carbonyl (C=O) groups excluding carboxylic acids is 1. The van der Waals surface area contributed by atoms with E-state index in [2.05, 4.69) is 19.2 Å². The van der Waals surface area contributed by atoms with Gasteiger partial charge in [-0.25, -0.2) is 0 Å². The van der Waals surface area contributed by atoms with Crippen molar-refractivity contribution in [3.63, 3.8) is 0 Å². The van der Waals surface area contributed by atoms with Gasteiger partial charge in [-0.05, 0) is 25.8 Å². The van der Waals surface area contributed by atoms with E-state index in [1.165, 1.54) is 7.11 Å². The van der Waals surface area contributed by atoms with Crippen molar-refractivity contribution >= 4 is 5.97 Å². The van der Waals surface area contributed by atoms with Crippen molar-refractivity contribution in [2.45, 2.75) is 26.3 Å². The van der Waals surface area contributed by atoms with Crippen LogP contribution in [0.15, 0.2) is 0 Å². The van der Waals surface area contributed by atoms with Gasteiger partial charge in [0.2, 0.25) is 0 Å². The first kappa shape index (κ1) is 9.52. The molecule has 1 N–H and O–H groups in total. The second-order valence-electron chi connectivity index (χ2n) is 3.65. The number of piperidine rings is 1. The quantitative estimate of drug-likeness (QED) is 0.593. The molecule has 3 nitrogen and oxygen atoms in total. The minimum absolute atomic E-state index is 0.0594. The smallest absolute Gasteiger partial charge is 0.309 e. The SMILES string of the molecule is COC(=O)[C@@H]1C[C@H](C)NC[C@@H]1C. The molecule has 1 rings (SSSR count). The topological polar surface area (TPSA) is 38.3 Å². The monoisotopic (exact) mass is 171 g/mol. The summed E-state index contributed by atoms with van der Waals surface area (Å²) in [5.74, 6) is 0.427. The van der Waals surface area contributed by atoms with Gasteiger partial charge in [0.1, 0.15) is 0 Å². The summed E-state index contributed by atoms with van der Waals surface area (Å²) < 4.78 is 4.74. The number of esters is 1. The zero-order chi connectivity index (χ0) is 9.14. The molecule has 3 heteroatoms. The fourth-order valence-corrected chi connectivity index (χ4v) is 1.71. The molecule has 0 aliphatic carbocycles. The Bertz CT molecular complexity index is 170. The van der Waals surface area contributed by atoms with Crippen LogP contribution in [0.25, 0.3) is 0 Å². The van der Waals surface area contributed by atoms with Gasteiger partial charge >= 0.3 is 5.97 Å². The standard InChI is InChI=1S/C9H17NO2/c1-6-5-10-7(2)4-8(6)9(11)12-3/h6-8,10H,4-5H2,1-3H3/t6-,7-,8+/m0/s1. The molecule has 1 aliphatic heterocycles. The van der Waals surface area contributed by atoms with E-state index in [0.717, 1.165) is 13.0 Å². The molecule has 12 heavy (non-hydrogen) atoms. The van der Waals surface area contributed by atoms with Gasteiger partial charge in [-0.3, -0.25) is 4.79 Å². The van der Waals surface area contributed by atoms with Crippen molar-refractivity contribution in [2.75, 3.05) is 13.7 Å². The number of hydrogen-bond donors (Lipinski definition) is 1. The largest absolute Gasteiger partial charge is 0.469 e. The number of rotatable bonds is 1. The van der Waals surface area contributed by atoms with Crippen LogP contribution in [0.2, 0.25) is 0 Å². The molecule has 0 saturated carbocycles. The van der Waals surface area contributed by atoms with E-state index in [9.17, 15) is 4.79 Å². The summed E-state index contributed by atoms with van der Waals surface area (Å²) >= 11 is 0. The fraction of sp³-hybridized carbons (Fsp3) is 0.889. The first-order valence-electron chi connectivity index (χ1n) is 4.46. The summed E-state index contributed by atoms with van der Waals surface area (Å²) in [4.78, 5) is 11.3. The van der Waals surface area contributed by atoms with Gasteiger partial charge in [0.25, 0.3) is 0 Å². The van der Waals surface area contributed by atoms with Crippen molar-refractivity contribution in [3.05, 3.63) is 0 Å². The predicted molar refractivity (Wildman–Crippen MR) is 46.8 cm³/mol. The zero-order valence-corrected chi connectivity index (χ0v) is 7.96. The highest BCUT2D eigenvalue weighted by atomic mass is 16.5. The molecule has 0 spiro atoms. The highest BCUT2D eigenvalue weighted by Crippen LogP contribution is 2.22. The second kappa shape index (κ2) is 3.90. The van der Waals surface area contributed by atoms with E-state index < -0.39 is 0 Å². The minimum Gasteiger partial charge on any atom is -0.469 e. The highest BCUT2D eigenvalue weighted by molar-refractivity contribution is 5.72. The molecule has 0 radical (unpaired) electrons. The first-order chi connectivity index (χ1) is 5.65. The summed E-state index contributed by atoms with van der Waals surface area (Å²) in [5.41, 5.74) is 0. The number of methoxy groups -OCH3 is 1. The van der Waals surface area contributed by atoms with Crippen LogP contribution in [-0.4, -0.2) is 25.7 Å². The average Bonchev–Trinajstić information content (AvgIpc) is 2.08. The number of hydrogen-bond acceptors (Lipinski definition) is 3. The molecule has 3 atom stereocenters. The van der Waals surface area contributed by atoms with E-state index >= 15 is 0 Å². The molecule has 0 unspecified atom stereocenters. The van der Waals surface area contributed by atoms with Crippen LogP contribution >= 0.6 is 0 Å². The van der Waals surface area contributed by atoms with E-state index in [0.29, 0.717) is 12.0 Å². The first-order valence-corrected chi connectivity index (χ1v) is 4.46. The summed E-state index contributed by atoms with van der Waals surface area (Å²) in [6, 6.07) is 0.435. The van der Waals surface area contributed by atoms with Crippen molar-refractivity contribution in [2.24, 2.45) is 11.8 Å². The van der Waals surface area contributed by atoms with Gasteiger partial charge in [-0.15, -0.1) is 0 Å². The van der Waals surface area contributed by atoms with Gasteiger partial charge in [-0.2, -0.15) is 0 Å². The Hall–Kier alpha value is -0.570. The number of carbonyl (C=O) groups is 1. The van der Waals surface area contributed by atoms with Crippen molar-refractivity contribution in [1.82, 2.24) is 5.32 Å². The summed E-state index contributed by atoms with van der Waals surface area (Å²) in [6.07, 6.45) is 0.897. The third-order valence-corrected chi connectivity index (χ3v) is 2.59. The Labute approximate surface area is 73.5 Å². The Morgan fingerprint density at radius 2 is 2.17 bits per heavy atom. The van der Waals surface area contributed by atoms with Crippen LogP contribution in [0.4, 0.5) is 0 Å². The zero-order valence-electron chi connectivity index (χ0n) is 7.96. The maximum atomic E-state index is 11.3. The number of nitrogens with one attached hydrogen (secondary N) is 1. The minimum atomic E-state index is -0.0594. The Morgan fingerprint density at radius 3 is 2.75 bits per heavy atom. The summed E-state index contributed by atoms with van der Waals surface area (Å²) in [5, 5.41) is 3.33. The van der Waals surface area contributed by atoms with Gasteiger partial charge in [0.15, 0.2) is 0 Å². The Kier molecular flexibility index (Phi) is 3.09. The molecule has 0 amide bonds. The molecule has 1 fully saturated rings. The summed E-state index contributed by atoms with van der Waals surface area (Å²) in [7, 11) is 1.46. The lowest BCUT2D eigenvalue weighted by atomic mass is 9.85. The molecule has 1 saturated heterocycles. The molecule has 1 heterocycles. The molecular formula is C9H17NO2. The van der Waals surface area contributed by atoms with Gasteiger partial charge in [-0.1, -0.05) is 6.92 Å². The molecular weight excluding hydrogens is 154 g/mol. The summed E-state index contributed by atoms with van der Waals surface area (Å²) in [6.45, 7) is 5.10. The van der Waals surface area contributed by atoms with Crippen molar-refractivity contribution in [3.8, 4) is 0 Å². The predicted octanol–water partition coefficient (Wildman–Crippen LogP) is 0.793. The van der Waals surface area contributed by atoms with Gasteiger partial charge in [0.05, 0.1) is 13.0 Å². The fourth-order valence-electron chi connectivity index (χ4n) is 1.71. The maximum absolute atomic E-state index is 11.3. The highest BCUT2D eigenvalue weighted by Gasteiger charge is 2.31. The van der Waals surface area contributed by atoms with E-state index in [1.54, 1.807) is 0 Å². The van der Waals surface area contributed by atoms with E-state index in [4.69, 9.17) is 4.74 Å². The van der Waals surface area contributed by atoms with E-state index in [-0.39, 0.29) is 11.9 Å². The lowest BCUT2D eigenvalue weighted by molar-refractivity contribution is -0.148. The van der Waals surface area contributed by atoms with Crippen LogP contribution in [0.5, 0.6) is 0 Å². The molecule has 0 aromatic rings. The van der Waals surface area contributed by atoms with Crippen LogP contribution in [-0.2, 0) is 9.53 Å². The van der Waals surface area contributed by atoms with Crippen molar-refractivity contribution in [1.29, 1.82) is 0 Å². The van der Waals surface area contributed by atoms with Gasteiger partial charge in [0, 0.05) is 6.04 Å². The third kappa shape index (κ3) is 1.97. The second-order valence-corrected chi connectivity index (χ2v) is 3.65. The van der Waals surface area contributed by atoms with Crippen molar-refractivity contribution < 1.29 is 9.53 Å². The molecule has 70 valence electrons. The van der Waals surface area contributed by atoms with Gasteiger partial charge < -0.3 is 10.1 Å². The van der Waals surface area contributed by atoms with Crippen LogP contribution in [0.1, 0.15) is 20.3 Å². The van der Waals surface area contributed by atoms with E-state index in [1.807, 2.05) is 0 Å². The maximum Gasteiger partial charge on any atom is 0.309 e. The van der Waals surface area contributed by atoms with Crippen LogP contribution < -0.4 is 5.32 Å². The molecule has 0 bridgehead atoms. The molecule has 1 aliphatic rings. The lowest BCUT2D eigenvalue weighted by Gasteiger charge is -2.31. The lowest BCUT2D eigenvalue weighted by Crippen LogP contribution is -2.44. The average molecular weight is 171 g/mol. The molecule has 0 aromatic heterocycles. The normalized spacial score (nSPS) is 36.1.